The van der Waals surface area contributed by atoms with Gasteiger partial charge in [-0.1, -0.05) is 44.2 Å². The van der Waals surface area contributed by atoms with Crippen LogP contribution in [-0.4, -0.2) is 43.7 Å². The Morgan fingerprint density at radius 3 is 2.47 bits per heavy atom. The van der Waals surface area contributed by atoms with Crippen molar-refractivity contribution < 1.29 is 0 Å². The summed E-state index contributed by atoms with van der Waals surface area (Å²) in [4.78, 5) is 11.2. The molecule has 0 radical (unpaired) electrons. The van der Waals surface area contributed by atoms with E-state index in [-0.39, 0.29) is 24.0 Å². The first kappa shape index (κ1) is 24.4. The van der Waals surface area contributed by atoms with Crippen molar-refractivity contribution in [1.29, 1.82) is 0 Å². The second-order valence-electron chi connectivity index (χ2n) is 8.09. The Balaban J connectivity index is 0.00000320. The Morgan fingerprint density at radius 2 is 1.87 bits per heavy atom. The number of hydrogen-bond acceptors (Lipinski definition) is 3. The second kappa shape index (κ2) is 12.8. The van der Waals surface area contributed by atoms with Gasteiger partial charge in [-0.2, -0.15) is 0 Å². The summed E-state index contributed by atoms with van der Waals surface area (Å²) < 4.78 is 0. The molecule has 1 fully saturated rings. The zero-order valence-corrected chi connectivity index (χ0v) is 20.8. The van der Waals surface area contributed by atoms with Crippen LogP contribution in [0.4, 0.5) is 5.82 Å². The average molecular weight is 521 g/mol. The molecule has 1 aliphatic rings. The molecular weight excluding hydrogens is 485 g/mol. The number of rotatable bonds is 7. The smallest absolute Gasteiger partial charge is 0.191 e. The zero-order chi connectivity index (χ0) is 20.5. The number of nitrogens with zero attached hydrogens (tertiary/aromatic N) is 3. The van der Waals surface area contributed by atoms with Gasteiger partial charge < -0.3 is 15.5 Å². The summed E-state index contributed by atoms with van der Waals surface area (Å²) in [6.45, 7) is 7.45. The predicted molar refractivity (Wildman–Crippen MR) is 138 cm³/mol. The normalized spacial score (nSPS) is 15.1. The molecule has 0 amide bonds. The molecule has 0 bridgehead atoms. The maximum Gasteiger partial charge on any atom is 0.191 e. The number of aliphatic imine (C=N–C) groups is 1. The molecule has 1 aromatic carbocycles. The molecule has 2 heterocycles. The summed E-state index contributed by atoms with van der Waals surface area (Å²) >= 11 is 0. The first-order chi connectivity index (χ1) is 14.2. The standard InChI is InChI=1S/C24H35N5.HI/c1-19(2)21-11-9-20(10-12-21)7-6-16-27-24(25-3)28-22-13-17-29(18-14-22)23-8-4-5-15-26-23;/h4-5,8-12,15,19,22H,6-7,13-14,16-18H2,1-3H3,(H2,25,27,28);1H. The first-order valence-electron chi connectivity index (χ1n) is 10.9. The van der Waals surface area contributed by atoms with E-state index in [0.29, 0.717) is 12.0 Å². The highest BCUT2D eigenvalue weighted by Crippen LogP contribution is 2.17. The number of benzene rings is 1. The van der Waals surface area contributed by atoms with E-state index in [2.05, 4.69) is 75.8 Å². The summed E-state index contributed by atoms with van der Waals surface area (Å²) in [5.74, 6) is 2.59. The van der Waals surface area contributed by atoms with E-state index in [0.717, 1.165) is 57.1 Å². The number of pyridine rings is 1. The van der Waals surface area contributed by atoms with Crippen molar-refractivity contribution in [1.82, 2.24) is 15.6 Å². The van der Waals surface area contributed by atoms with Gasteiger partial charge in [0, 0.05) is 38.9 Å². The number of hydrogen-bond donors (Lipinski definition) is 2. The number of halogens is 1. The molecule has 1 saturated heterocycles. The third-order valence-corrected chi connectivity index (χ3v) is 5.61. The SMILES string of the molecule is CN=C(NCCCc1ccc(C(C)C)cc1)NC1CCN(c2ccccn2)CC1.I. The zero-order valence-electron chi connectivity index (χ0n) is 18.5. The van der Waals surface area contributed by atoms with E-state index in [1.54, 1.807) is 0 Å². The van der Waals surface area contributed by atoms with Crippen LogP contribution in [0.1, 0.15) is 50.2 Å². The number of anilines is 1. The van der Waals surface area contributed by atoms with Gasteiger partial charge in [-0.25, -0.2) is 4.98 Å². The molecule has 1 aromatic heterocycles. The molecule has 6 heteroatoms. The number of guanidine groups is 1. The molecule has 2 N–H and O–H groups in total. The summed E-state index contributed by atoms with van der Waals surface area (Å²) in [6.07, 6.45) is 6.24. The molecule has 5 nitrogen and oxygen atoms in total. The maximum absolute atomic E-state index is 4.46. The van der Waals surface area contributed by atoms with Crippen LogP contribution >= 0.6 is 24.0 Å². The number of piperidine rings is 1. The lowest BCUT2D eigenvalue weighted by Gasteiger charge is -2.33. The molecule has 2 aromatic rings. The minimum atomic E-state index is 0. The van der Waals surface area contributed by atoms with Crippen LogP contribution in [0.25, 0.3) is 0 Å². The summed E-state index contributed by atoms with van der Waals surface area (Å²) in [6, 6.07) is 15.6. The van der Waals surface area contributed by atoms with Gasteiger partial charge in [-0.15, -0.1) is 24.0 Å². The van der Waals surface area contributed by atoms with Crippen molar-refractivity contribution in [2.24, 2.45) is 4.99 Å². The van der Waals surface area contributed by atoms with Crippen LogP contribution in [0.3, 0.4) is 0 Å². The molecule has 0 unspecified atom stereocenters. The highest BCUT2D eigenvalue weighted by molar-refractivity contribution is 14.0. The molecular formula is C24H36IN5. The van der Waals surface area contributed by atoms with Gasteiger partial charge in [-0.05, 0) is 54.9 Å². The molecule has 1 aliphatic heterocycles. The van der Waals surface area contributed by atoms with Crippen molar-refractivity contribution in [2.45, 2.75) is 51.5 Å². The highest BCUT2D eigenvalue weighted by atomic mass is 127. The Hall–Kier alpha value is -1.83. The van der Waals surface area contributed by atoms with E-state index in [9.17, 15) is 0 Å². The summed E-state index contributed by atoms with van der Waals surface area (Å²) in [7, 11) is 1.85. The summed E-state index contributed by atoms with van der Waals surface area (Å²) in [5.41, 5.74) is 2.81. The third-order valence-electron chi connectivity index (χ3n) is 5.61. The van der Waals surface area contributed by atoms with Crippen molar-refractivity contribution >= 4 is 35.8 Å². The third kappa shape index (κ3) is 7.45. The number of aryl methyl sites for hydroxylation is 1. The lowest BCUT2D eigenvalue weighted by Crippen LogP contribution is -2.49. The van der Waals surface area contributed by atoms with Crippen LogP contribution in [0.15, 0.2) is 53.7 Å². The lowest BCUT2D eigenvalue weighted by molar-refractivity contribution is 0.459. The molecule has 0 aliphatic carbocycles. The van der Waals surface area contributed by atoms with Gasteiger partial charge in [0.2, 0.25) is 0 Å². The van der Waals surface area contributed by atoms with E-state index in [1.807, 2.05) is 19.3 Å². The molecule has 0 saturated carbocycles. The fraction of sp³-hybridized carbons (Fsp3) is 0.500. The van der Waals surface area contributed by atoms with E-state index >= 15 is 0 Å². The highest BCUT2D eigenvalue weighted by Gasteiger charge is 2.20. The van der Waals surface area contributed by atoms with Crippen molar-refractivity contribution in [3.8, 4) is 0 Å². The fourth-order valence-corrected chi connectivity index (χ4v) is 3.75. The molecule has 3 rings (SSSR count). The van der Waals surface area contributed by atoms with E-state index < -0.39 is 0 Å². The van der Waals surface area contributed by atoms with Crippen molar-refractivity contribution in [3.63, 3.8) is 0 Å². The van der Waals surface area contributed by atoms with Crippen LogP contribution in [-0.2, 0) is 6.42 Å². The minimum Gasteiger partial charge on any atom is -0.356 e. The molecule has 164 valence electrons. The number of aromatic nitrogens is 1. The van der Waals surface area contributed by atoms with Crippen molar-refractivity contribution in [2.75, 3.05) is 31.6 Å². The number of nitrogens with one attached hydrogen (secondary N) is 2. The quantitative estimate of drug-likeness (QED) is 0.242. The molecule has 30 heavy (non-hydrogen) atoms. The van der Waals surface area contributed by atoms with Crippen LogP contribution in [0, 0.1) is 0 Å². The van der Waals surface area contributed by atoms with Gasteiger partial charge in [-0.3, -0.25) is 4.99 Å². The minimum absolute atomic E-state index is 0. The Kier molecular flexibility index (Phi) is 10.4. The maximum atomic E-state index is 4.46. The topological polar surface area (TPSA) is 52.6 Å². The van der Waals surface area contributed by atoms with Gasteiger partial charge in [0.25, 0.3) is 0 Å². The van der Waals surface area contributed by atoms with Gasteiger partial charge in [0.1, 0.15) is 5.82 Å². The predicted octanol–water partition coefficient (Wildman–Crippen LogP) is 4.59. The van der Waals surface area contributed by atoms with Gasteiger partial charge in [0.15, 0.2) is 5.96 Å². The Labute approximate surface area is 198 Å². The molecule has 0 atom stereocenters. The largest absolute Gasteiger partial charge is 0.356 e. The molecule has 0 spiro atoms. The fourth-order valence-electron chi connectivity index (χ4n) is 3.75. The van der Waals surface area contributed by atoms with Crippen LogP contribution in [0.5, 0.6) is 0 Å². The van der Waals surface area contributed by atoms with Crippen LogP contribution < -0.4 is 15.5 Å². The monoisotopic (exact) mass is 521 g/mol. The van der Waals surface area contributed by atoms with Crippen molar-refractivity contribution in [3.05, 3.63) is 59.8 Å². The van der Waals surface area contributed by atoms with Gasteiger partial charge in [0.05, 0.1) is 0 Å². The first-order valence-corrected chi connectivity index (χ1v) is 10.9. The second-order valence-corrected chi connectivity index (χ2v) is 8.09. The Morgan fingerprint density at radius 1 is 1.13 bits per heavy atom. The Bertz CT molecular complexity index is 753. The summed E-state index contributed by atoms with van der Waals surface area (Å²) in [5, 5.41) is 7.06. The lowest BCUT2D eigenvalue weighted by atomic mass is 10.0. The van der Waals surface area contributed by atoms with E-state index in [4.69, 9.17) is 0 Å². The van der Waals surface area contributed by atoms with Crippen LogP contribution in [0.2, 0.25) is 0 Å². The van der Waals surface area contributed by atoms with E-state index in [1.165, 1.54) is 11.1 Å². The average Bonchev–Trinajstić information content (AvgIpc) is 2.77. The van der Waals surface area contributed by atoms with Gasteiger partial charge >= 0.3 is 0 Å².